The Bertz CT molecular complexity index is 2060. The third-order valence-corrected chi connectivity index (χ3v) is 9.14. The van der Waals surface area contributed by atoms with Gasteiger partial charge in [0.2, 0.25) is 0 Å². The van der Waals surface area contributed by atoms with Gasteiger partial charge in [0.05, 0.1) is 41.4 Å². The lowest BCUT2D eigenvalue weighted by atomic mass is 9.97. The number of rotatable bonds is 3. The summed E-state index contributed by atoms with van der Waals surface area (Å²) >= 11 is 7.42. The molecule has 246 valence electrons. The molecule has 5 aromatic rings. The van der Waals surface area contributed by atoms with Crippen LogP contribution in [0.5, 0.6) is 5.75 Å². The average Bonchev–Trinajstić information content (AvgIpc) is 3.50. The van der Waals surface area contributed by atoms with Crippen molar-refractivity contribution >= 4 is 28.9 Å². The standard InChI is InChI=1S/C39H39ClN4O4/c1-24-33(37(38(45)46-5)48-39(2,3)4)35-29-16-17-31-36(34(29)40)43(19-20-47-31)18-8-6-7-11-25-12-9-13-26(21-25)27-14-10-15-28(22-27)30-23-32(41-24)44(35)42-30/h6,8-10,12-17,21-23,37H,7,11,18-20H2,1-5H3. The highest BCUT2D eigenvalue weighted by Gasteiger charge is 2.35. The van der Waals surface area contributed by atoms with E-state index in [1.165, 1.54) is 12.7 Å². The summed E-state index contributed by atoms with van der Waals surface area (Å²) in [6.45, 7) is 9.51. The predicted octanol–water partition coefficient (Wildman–Crippen LogP) is 8.42. The van der Waals surface area contributed by atoms with Gasteiger partial charge in [-0.25, -0.2) is 14.3 Å². The number of halogens is 1. The van der Waals surface area contributed by atoms with Gasteiger partial charge in [-0.1, -0.05) is 66.2 Å². The van der Waals surface area contributed by atoms with Crippen molar-refractivity contribution in [2.45, 2.75) is 52.2 Å². The van der Waals surface area contributed by atoms with Gasteiger partial charge in [-0.2, -0.15) is 5.10 Å². The summed E-state index contributed by atoms with van der Waals surface area (Å²) in [4.78, 5) is 20.7. The first-order valence-corrected chi connectivity index (χ1v) is 16.7. The Morgan fingerprint density at radius 2 is 1.77 bits per heavy atom. The SMILES string of the molecule is COC(=O)C(OC(C)(C)C)c1c(C)nc2cc3nn2c1-c1ccc2c(c1Cl)N(CC=CCCc1cccc(c1)-c1cccc-3c1)CCO2. The highest BCUT2D eigenvalue weighted by molar-refractivity contribution is 6.36. The van der Waals surface area contributed by atoms with Gasteiger partial charge < -0.3 is 19.1 Å². The van der Waals surface area contributed by atoms with E-state index in [9.17, 15) is 4.79 Å². The maximum atomic E-state index is 13.5. The number of esters is 1. The third kappa shape index (κ3) is 6.06. The van der Waals surface area contributed by atoms with Crippen molar-refractivity contribution in [1.82, 2.24) is 14.6 Å². The minimum atomic E-state index is -1.09. The van der Waals surface area contributed by atoms with Crippen molar-refractivity contribution in [3.63, 3.8) is 0 Å². The van der Waals surface area contributed by atoms with Crippen LogP contribution in [0.2, 0.25) is 5.02 Å². The number of nitrogens with zero attached hydrogens (tertiary/aromatic N) is 4. The fourth-order valence-corrected chi connectivity index (χ4v) is 6.93. The number of allylic oxidation sites excluding steroid dienone is 1. The number of carbonyl (C=O) groups excluding carboxylic acids is 1. The Labute approximate surface area is 285 Å². The minimum Gasteiger partial charge on any atom is -0.490 e. The number of benzene rings is 3. The van der Waals surface area contributed by atoms with Gasteiger partial charge in [0.15, 0.2) is 11.8 Å². The molecule has 0 saturated heterocycles. The Hall–Kier alpha value is -4.66. The largest absolute Gasteiger partial charge is 0.490 e. The lowest BCUT2D eigenvalue weighted by Gasteiger charge is -2.32. The minimum absolute atomic E-state index is 0.501. The molecule has 3 aromatic carbocycles. The maximum Gasteiger partial charge on any atom is 0.339 e. The maximum absolute atomic E-state index is 13.5. The van der Waals surface area contributed by atoms with E-state index in [-0.39, 0.29) is 0 Å². The summed E-state index contributed by atoms with van der Waals surface area (Å²) < 4.78 is 19.6. The molecule has 2 aliphatic rings. The number of hydrogen-bond donors (Lipinski definition) is 0. The molecule has 0 N–H and O–H groups in total. The van der Waals surface area contributed by atoms with Crippen molar-refractivity contribution in [1.29, 1.82) is 0 Å². The van der Waals surface area contributed by atoms with E-state index in [1.54, 1.807) is 4.52 Å². The highest BCUT2D eigenvalue weighted by Crippen LogP contribution is 2.47. The first-order chi connectivity index (χ1) is 23.1. The van der Waals surface area contributed by atoms with Gasteiger partial charge in [0.1, 0.15) is 12.4 Å². The van der Waals surface area contributed by atoms with Gasteiger partial charge in [-0.15, -0.1) is 0 Å². The van der Waals surface area contributed by atoms with Crippen LogP contribution in [0.25, 0.3) is 39.3 Å². The fourth-order valence-electron chi connectivity index (χ4n) is 6.57. The van der Waals surface area contributed by atoms with Crippen LogP contribution in [0.4, 0.5) is 5.69 Å². The summed E-state index contributed by atoms with van der Waals surface area (Å²) in [5.74, 6) is 0.176. The zero-order valence-electron chi connectivity index (χ0n) is 27.9. The number of anilines is 1. The highest BCUT2D eigenvalue weighted by atomic mass is 35.5. The van der Waals surface area contributed by atoms with Crippen LogP contribution in [0.15, 0.2) is 78.9 Å². The Balaban J connectivity index is 1.53. The third-order valence-electron chi connectivity index (χ3n) is 8.76. The molecular formula is C39H39ClN4O4. The Kier molecular flexibility index (Phi) is 8.48. The zero-order valence-corrected chi connectivity index (χ0v) is 28.7. The number of methoxy groups -OCH3 is 1. The molecule has 0 saturated carbocycles. The zero-order chi connectivity index (χ0) is 33.6. The molecule has 8 nitrogen and oxygen atoms in total. The molecule has 0 radical (unpaired) electrons. The van der Waals surface area contributed by atoms with E-state index in [2.05, 4.69) is 65.6 Å². The second-order valence-electron chi connectivity index (χ2n) is 13.3. The van der Waals surface area contributed by atoms with Gasteiger partial charge in [-0.3, -0.25) is 0 Å². The molecule has 9 heteroatoms. The predicted molar refractivity (Wildman–Crippen MR) is 190 cm³/mol. The second-order valence-corrected chi connectivity index (χ2v) is 13.6. The molecule has 0 amide bonds. The summed E-state index contributed by atoms with van der Waals surface area (Å²) in [5, 5.41) is 5.65. The number of hydrogen-bond acceptors (Lipinski definition) is 7. The topological polar surface area (TPSA) is 78.2 Å². The van der Waals surface area contributed by atoms with E-state index in [4.69, 9.17) is 35.9 Å². The summed E-state index contributed by atoms with van der Waals surface area (Å²) in [6, 6.07) is 22.9. The fraction of sp³-hybridized carbons (Fsp3) is 0.308. The number of ether oxygens (including phenoxy) is 3. The summed E-state index contributed by atoms with van der Waals surface area (Å²) in [7, 11) is 1.36. The van der Waals surface area contributed by atoms with Crippen LogP contribution in [-0.4, -0.2) is 53.0 Å². The van der Waals surface area contributed by atoms with Crippen LogP contribution in [0.3, 0.4) is 0 Å². The average molecular weight is 663 g/mol. The van der Waals surface area contributed by atoms with Gasteiger partial charge >= 0.3 is 5.97 Å². The molecule has 0 spiro atoms. The lowest BCUT2D eigenvalue weighted by molar-refractivity contribution is -0.164. The molecule has 0 aliphatic carbocycles. The molecule has 4 heterocycles. The number of fused-ring (bicyclic) bond motifs is 9. The smallest absolute Gasteiger partial charge is 0.339 e. The van der Waals surface area contributed by atoms with E-state index in [0.717, 1.165) is 40.9 Å². The molecule has 2 aromatic heterocycles. The van der Waals surface area contributed by atoms with Crippen LogP contribution < -0.4 is 9.64 Å². The molecular weight excluding hydrogens is 624 g/mol. The first-order valence-electron chi connectivity index (χ1n) is 16.3. The van der Waals surface area contributed by atoms with Gasteiger partial charge in [0.25, 0.3) is 0 Å². The van der Waals surface area contributed by atoms with E-state index < -0.39 is 17.7 Å². The number of aromatic nitrogens is 3. The van der Waals surface area contributed by atoms with Crippen molar-refractivity contribution in [3.05, 3.63) is 101 Å². The Morgan fingerprint density at radius 3 is 2.56 bits per heavy atom. The van der Waals surface area contributed by atoms with Crippen molar-refractivity contribution < 1.29 is 19.0 Å². The lowest BCUT2D eigenvalue weighted by Crippen LogP contribution is -2.33. The van der Waals surface area contributed by atoms with Gasteiger partial charge in [0, 0.05) is 35.0 Å². The molecule has 8 bridgehead atoms. The number of aryl methyl sites for hydroxylation is 2. The normalized spacial score (nSPS) is 15.0. The summed E-state index contributed by atoms with van der Waals surface area (Å²) in [6.07, 6.45) is 5.20. The molecule has 2 aliphatic heterocycles. The van der Waals surface area contributed by atoms with Crippen molar-refractivity contribution in [2.24, 2.45) is 0 Å². The second kappa shape index (κ2) is 12.7. The molecule has 48 heavy (non-hydrogen) atoms. The molecule has 1 unspecified atom stereocenters. The van der Waals surface area contributed by atoms with E-state index in [1.807, 2.05) is 45.9 Å². The molecule has 1 atom stereocenters. The number of carbonyl (C=O) groups is 1. The van der Waals surface area contributed by atoms with Crippen molar-refractivity contribution in [3.8, 4) is 39.4 Å². The van der Waals surface area contributed by atoms with Crippen molar-refractivity contribution in [2.75, 3.05) is 31.7 Å². The van der Waals surface area contributed by atoms with Crippen LogP contribution in [-0.2, 0) is 20.7 Å². The quantitative estimate of drug-likeness (QED) is 0.142. The van der Waals surface area contributed by atoms with E-state index >= 15 is 0 Å². The van der Waals surface area contributed by atoms with E-state index in [0.29, 0.717) is 58.6 Å². The van der Waals surface area contributed by atoms with Crippen LogP contribution >= 0.6 is 11.6 Å². The summed E-state index contributed by atoms with van der Waals surface area (Å²) in [5.41, 5.74) is 8.42. The molecule has 0 fully saturated rings. The monoisotopic (exact) mass is 662 g/mol. The first kappa shape index (κ1) is 31.9. The van der Waals surface area contributed by atoms with Crippen LogP contribution in [0, 0.1) is 6.92 Å². The Morgan fingerprint density at radius 1 is 1.00 bits per heavy atom. The van der Waals surface area contributed by atoms with Gasteiger partial charge in [-0.05, 0) is 75.4 Å². The van der Waals surface area contributed by atoms with Crippen LogP contribution in [0.1, 0.15) is 50.1 Å². The molecule has 7 rings (SSSR count).